The Balaban J connectivity index is 2.43. The maximum absolute atomic E-state index is 13.7. The number of halogens is 4. The van der Waals surface area contributed by atoms with Crippen LogP contribution in [0.5, 0.6) is 0 Å². The summed E-state index contributed by atoms with van der Waals surface area (Å²) >= 11 is 15.8. The van der Waals surface area contributed by atoms with Crippen molar-refractivity contribution in [2.45, 2.75) is 18.8 Å². The van der Waals surface area contributed by atoms with Crippen LogP contribution in [0.15, 0.2) is 46.9 Å². The Morgan fingerprint density at radius 2 is 1.67 bits per heavy atom. The number of rotatable bonds is 5. The molecule has 0 saturated carbocycles. The summed E-state index contributed by atoms with van der Waals surface area (Å²) in [5.74, 6) is 0.486. The van der Waals surface area contributed by atoms with Crippen molar-refractivity contribution < 1.29 is 4.39 Å². The summed E-state index contributed by atoms with van der Waals surface area (Å²) in [5, 5.41) is 0. The van der Waals surface area contributed by atoms with Crippen LogP contribution < -0.4 is 0 Å². The molecule has 0 N–H and O–H groups in total. The average Bonchev–Trinajstić information content (AvgIpc) is 2.50. The molecule has 0 saturated heterocycles. The van der Waals surface area contributed by atoms with Gasteiger partial charge >= 0.3 is 0 Å². The van der Waals surface area contributed by atoms with E-state index in [4.69, 9.17) is 23.2 Å². The monoisotopic (exact) mass is 388 g/mol. The Morgan fingerprint density at radius 1 is 1.05 bits per heavy atom. The first-order valence-corrected chi connectivity index (χ1v) is 8.50. The van der Waals surface area contributed by atoms with Crippen molar-refractivity contribution in [3.05, 3.63) is 69.4 Å². The van der Waals surface area contributed by atoms with Gasteiger partial charge < -0.3 is 0 Å². The van der Waals surface area contributed by atoms with Gasteiger partial charge in [-0.1, -0.05) is 42.0 Å². The van der Waals surface area contributed by atoms with E-state index in [0.717, 1.165) is 11.1 Å². The van der Waals surface area contributed by atoms with Gasteiger partial charge in [0.2, 0.25) is 0 Å². The van der Waals surface area contributed by atoms with Gasteiger partial charge in [0, 0.05) is 17.2 Å². The molecule has 0 spiro atoms. The standard InChI is InChI=1S/C17H16BrCl2F/c1-12-5-7-14(8-6-12)17(10-19,11-20)9-13-3-2-4-15(21)16(13)18/h2-8H,9-11H2,1H3. The van der Waals surface area contributed by atoms with Gasteiger partial charge in [-0.15, -0.1) is 23.2 Å². The molecule has 0 unspecified atom stereocenters. The SMILES string of the molecule is Cc1ccc(C(CCl)(CCl)Cc2cccc(F)c2Br)cc1. The second kappa shape index (κ2) is 7.13. The van der Waals surface area contributed by atoms with Crippen molar-refractivity contribution in [3.63, 3.8) is 0 Å². The fourth-order valence-electron chi connectivity index (χ4n) is 2.34. The average molecular weight is 390 g/mol. The minimum Gasteiger partial charge on any atom is -0.206 e. The van der Waals surface area contributed by atoms with Gasteiger partial charge in [0.1, 0.15) is 5.82 Å². The van der Waals surface area contributed by atoms with Crippen LogP contribution in [0.2, 0.25) is 0 Å². The Bertz CT molecular complexity index is 607. The van der Waals surface area contributed by atoms with Crippen LogP contribution in [0.3, 0.4) is 0 Å². The molecule has 0 fully saturated rings. The summed E-state index contributed by atoms with van der Waals surface area (Å²) in [6.45, 7) is 2.04. The minimum absolute atomic E-state index is 0.269. The van der Waals surface area contributed by atoms with Gasteiger partial charge in [0.05, 0.1) is 4.47 Å². The summed E-state index contributed by atoms with van der Waals surface area (Å²) < 4.78 is 14.2. The molecule has 0 heterocycles. The molecule has 0 aliphatic heterocycles. The van der Waals surface area contributed by atoms with Crippen LogP contribution in [-0.4, -0.2) is 11.8 Å². The molecule has 0 nitrogen and oxygen atoms in total. The zero-order chi connectivity index (χ0) is 15.5. The van der Waals surface area contributed by atoms with E-state index in [1.54, 1.807) is 6.07 Å². The summed E-state index contributed by atoms with van der Waals surface area (Å²) in [7, 11) is 0. The van der Waals surface area contributed by atoms with Crippen molar-refractivity contribution in [2.24, 2.45) is 0 Å². The van der Waals surface area contributed by atoms with Crippen molar-refractivity contribution in [1.82, 2.24) is 0 Å². The quantitative estimate of drug-likeness (QED) is 0.562. The molecule has 0 amide bonds. The summed E-state index contributed by atoms with van der Waals surface area (Å²) in [5.41, 5.74) is 2.72. The molecule has 2 aromatic carbocycles. The second-order valence-corrected chi connectivity index (χ2v) is 6.63. The molecule has 112 valence electrons. The molecule has 0 aliphatic carbocycles. The first kappa shape index (κ1) is 16.8. The van der Waals surface area contributed by atoms with E-state index in [9.17, 15) is 4.39 Å². The number of hydrogen-bond donors (Lipinski definition) is 0. The van der Waals surface area contributed by atoms with Crippen LogP contribution in [0.1, 0.15) is 16.7 Å². The van der Waals surface area contributed by atoms with E-state index in [2.05, 4.69) is 15.9 Å². The van der Waals surface area contributed by atoms with Gasteiger partial charge in [-0.3, -0.25) is 0 Å². The van der Waals surface area contributed by atoms with Crippen molar-refractivity contribution in [2.75, 3.05) is 11.8 Å². The highest BCUT2D eigenvalue weighted by Crippen LogP contribution is 2.34. The third-order valence-corrected chi connectivity index (χ3v) is 5.65. The molecule has 0 atom stereocenters. The van der Waals surface area contributed by atoms with Crippen LogP contribution in [0.25, 0.3) is 0 Å². The number of benzene rings is 2. The van der Waals surface area contributed by atoms with E-state index in [0.29, 0.717) is 22.7 Å². The fraction of sp³-hybridized carbons (Fsp3) is 0.294. The third-order valence-electron chi connectivity index (χ3n) is 3.74. The highest BCUT2D eigenvalue weighted by molar-refractivity contribution is 9.10. The third kappa shape index (κ3) is 3.61. The molecular weight excluding hydrogens is 374 g/mol. The fourth-order valence-corrected chi connectivity index (χ4v) is 3.53. The normalized spacial score (nSPS) is 11.7. The zero-order valence-electron chi connectivity index (χ0n) is 11.7. The first-order chi connectivity index (χ1) is 10.0. The summed E-state index contributed by atoms with van der Waals surface area (Å²) in [4.78, 5) is 0. The van der Waals surface area contributed by atoms with Gasteiger partial charge in [-0.05, 0) is 46.5 Å². The predicted molar refractivity (Wildman–Crippen MR) is 92.1 cm³/mol. The molecule has 2 rings (SSSR count). The molecule has 4 heteroatoms. The predicted octanol–water partition coefficient (Wildman–Crippen LogP) is 5.85. The van der Waals surface area contributed by atoms with Crippen molar-refractivity contribution in [3.8, 4) is 0 Å². The van der Waals surface area contributed by atoms with E-state index < -0.39 is 5.41 Å². The smallest absolute Gasteiger partial charge is 0.137 e. The highest BCUT2D eigenvalue weighted by atomic mass is 79.9. The van der Waals surface area contributed by atoms with Crippen molar-refractivity contribution >= 4 is 39.1 Å². The zero-order valence-corrected chi connectivity index (χ0v) is 14.8. The molecule has 0 bridgehead atoms. The topological polar surface area (TPSA) is 0 Å². The van der Waals surface area contributed by atoms with E-state index >= 15 is 0 Å². The van der Waals surface area contributed by atoms with Crippen molar-refractivity contribution in [1.29, 1.82) is 0 Å². The van der Waals surface area contributed by atoms with Crippen LogP contribution in [0.4, 0.5) is 4.39 Å². The largest absolute Gasteiger partial charge is 0.206 e. The Labute approximate surface area is 143 Å². The molecule has 0 radical (unpaired) electrons. The number of alkyl halides is 2. The lowest BCUT2D eigenvalue weighted by Gasteiger charge is -2.31. The van der Waals surface area contributed by atoms with Gasteiger partial charge in [0.25, 0.3) is 0 Å². The van der Waals surface area contributed by atoms with E-state index in [-0.39, 0.29) is 5.82 Å². The molecule has 0 aliphatic rings. The van der Waals surface area contributed by atoms with Gasteiger partial charge in [-0.25, -0.2) is 4.39 Å². The lowest BCUT2D eigenvalue weighted by molar-refractivity contribution is 0.530. The molecule has 2 aromatic rings. The Kier molecular flexibility index (Phi) is 5.70. The highest BCUT2D eigenvalue weighted by Gasteiger charge is 2.32. The van der Waals surface area contributed by atoms with E-state index in [1.807, 2.05) is 37.3 Å². The maximum atomic E-state index is 13.7. The van der Waals surface area contributed by atoms with Gasteiger partial charge in [0.15, 0.2) is 0 Å². The summed E-state index contributed by atoms with van der Waals surface area (Å²) in [6, 6.07) is 13.2. The Hall–Kier alpha value is -0.570. The summed E-state index contributed by atoms with van der Waals surface area (Å²) in [6.07, 6.45) is 0.585. The lowest BCUT2D eigenvalue weighted by Crippen LogP contribution is -2.33. The lowest BCUT2D eigenvalue weighted by atomic mass is 9.78. The number of hydrogen-bond acceptors (Lipinski definition) is 0. The molecule has 21 heavy (non-hydrogen) atoms. The van der Waals surface area contributed by atoms with Gasteiger partial charge in [-0.2, -0.15) is 0 Å². The minimum atomic E-state index is -0.410. The van der Waals surface area contributed by atoms with Crippen LogP contribution >= 0.6 is 39.1 Å². The van der Waals surface area contributed by atoms with Crippen LogP contribution in [0, 0.1) is 12.7 Å². The molecule has 0 aromatic heterocycles. The Morgan fingerprint density at radius 3 is 2.24 bits per heavy atom. The second-order valence-electron chi connectivity index (χ2n) is 5.30. The molecular formula is C17H16BrCl2F. The first-order valence-electron chi connectivity index (χ1n) is 6.64. The maximum Gasteiger partial charge on any atom is 0.137 e. The number of aryl methyl sites for hydroxylation is 1. The van der Waals surface area contributed by atoms with Crippen LogP contribution in [-0.2, 0) is 11.8 Å². The van der Waals surface area contributed by atoms with E-state index in [1.165, 1.54) is 11.6 Å².